The Morgan fingerprint density at radius 3 is 2.17 bits per heavy atom. The Labute approximate surface area is 39.3 Å². The highest BCUT2D eigenvalue weighted by Gasteiger charge is 1.41. The van der Waals surface area contributed by atoms with Crippen LogP contribution in [0.3, 0.4) is 0 Å². The molecule has 0 amide bonds. The molecule has 0 aromatic carbocycles. The first-order valence-corrected chi connectivity index (χ1v) is 1.75. The zero-order valence-corrected chi connectivity index (χ0v) is 4.00. The fourth-order valence-corrected chi connectivity index (χ4v) is 0.125. The highest BCUT2D eigenvalue weighted by Crippen LogP contribution is 1.44. The molecule has 0 saturated carbocycles. The van der Waals surface area contributed by atoms with Crippen molar-refractivity contribution < 1.29 is 0 Å². The highest BCUT2D eigenvalue weighted by molar-refractivity contribution is 6.22. The summed E-state index contributed by atoms with van der Waals surface area (Å²) in [5, 5.41) is 0. The Balaban J connectivity index is 3.43. The molecule has 0 heterocycles. The lowest BCUT2D eigenvalue weighted by Crippen LogP contribution is -1.48. The van der Waals surface area contributed by atoms with Gasteiger partial charge in [0.2, 0.25) is 0 Å². The molecule has 6 heavy (non-hydrogen) atoms. The zero-order chi connectivity index (χ0) is 4.83. The summed E-state index contributed by atoms with van der Waals surface area (Å²) in [6.07, 6.45) is 0. The molecule has 0 rings (SSSR count). The average molecular weight is 75.9 g/mol. The zero-order valence-electron chi connectivity index (χ0n) is 4.00. The molecular weight excluding hydrogens is 70.9 g/mol. The van der Waals surface area contributed by atoms with E-state index in [2.05, 4.69) is 23.6 Å². The van der Waals surface area contributed by atoms with Crippen LogP contribution in [0.15, 0.2) is 0 Å². The molecule has 0 aromatic rings. The van der Waals surface area contributed by atoms with E-state index in [1.54, 1.807) is 14.8 Å². The van der Waals surface area contributed by atoms with E-state index in [0.29, 0.717) is 0 Å². The molecule has 0 fully saturated rings. The second kappa shape index (κ2) is 4.18. The Morgan fingerprint density at radius 2 is 2.00 bits per heavy atom. The molecule has 0 spiro atoms. The van der Waals surface area contributed by atoms with Crippen molar-refractivity contribution in [3.8, 4) is 23.6 Å². The average Bonchev–Trinajstić information content (AvgIpc) is 1.61. The van der Waals surface area contributed by atoms with Gasteiger partial charge in [-0.05, 0) is 18.8 Å². The third-order valence-electron chi connectivity index (χ3n) is 0.312. The quantitative estimate of drug-likeness (QED) is 0.272. The minimum Gasteiger partial charge on any atom is -0.151 e. The third kappa shape index (κ3) is 3.18. The van der Waals surface area contributed by atoms with Gasteiger partial charge in [-0.25, -0.2) is 0 Å². The molecule has 0 saturated heterocycles. The van der Waals surface area contributed by atoms with Crippen LogP contribution in [-0.2, 0) is 0 Å². The molecule has 0 atom stereocenters. The summed E-state index contributed by atoms with van der Waals surface area (Å²) in [5.74, 6) is 10.5. The van der Waals surface area contributed by atoms with Crippen molar-refractivity contribution in [1.82, 2.24) is 0 Å². The maximum Gasteiger partial charge on any atom is 0.196 e. The summed E-state index contributed by atoms with van der Waals surface area (Å²) >= 11 is 0. The van der Waals surface area contributed by atoms with Crippen LogP contribution in [-0.4, -0.2) is 7.85 Å². The van der Waals surface area contributed by atoms with Gasteiger partial charge in [-0.3, -0.25) is 0 Å². The summed E-state index contributed by atoms with van der Waals surface area (Å²) in [7, 11) is 1.77. The first-order valence-electron chi connectivity index (χ1n) is 1.75. The van der Waals surface area contributed by atoms with Gasteiger partial charge < -0.3 is 0 Å². The van der Waals surface area contributed by atoms with Gasteiger partial charge in [-0.2, -0.15) is 5.82 Å². The standard InChI is InChI=1S/C5H5B/c1-2-3-4-5-6/h6H2,1H3. The van der Waals surface area contributed by atoms with Gasteiger partial charge in [0.15, 0.2) is 7.85 Å². The summed E-state index contributed by atoms with van der Waals surface area (Å²) in [4.78, 5) is 0. The molecular formula is C5H5B. The first-order chi connectivity index (χ1) is 2.91. The van der Waals surface area contributed by atoms with Gasteiger partial charge in [0.05, 0.1) is 0 Å². The Morgan fingerprint density at radius 1 is 1.33 bits per heavy atom. The van der Waals surface area contributed by atoms with Crippen molar-refractivity contribution in [3.05, 3.63) is 0 Å². The van der Waals surface area contributed by atoms with Gasteiger partial charge in [-0.1, -0.05) is 5.92 Å². The van der Waals surface area contributed by atoms with Crippen LogP contribution in [0.4, 0.5) is 0 Å². The molecule has 0 aliphatic heterocycles. The van der Waals surface area contributed by atoms with Crippen LogP contribution >= 0.6 is 0 Å². The lowest BCUT2D eigenvalue weighted by Gasteiger charge is -1.48. The Kier molecular flexibility index (Phi) is 3.62. The fourth-order valence-electron chi connectivity index (χ4n) is 0.125. The van der Waals surface area contributed by atoms with Crippen LogP contribution in [0, 0.1) is 23.6 Å². The molecule has 0 N–H and O–H groups in total. The lowest BCUT2D eigenvalue weighted by atomic mass is 10.2. The molecule has 0 nitrogen and oxygen atoms in total. The van der Waals surface area contributed by atoms with E-state index in [9.17, 15) is 0 Å². The van der Waals surface area contributed by atoms with E-state index >= 15 is 0 Å². The summed E-state index contributed by atoms with van der Waals surface area (Å²) < 4.78 is 0. The van der Waals surface area contributed by atoms with Gasteiger partial charge in [0, 0.05) is 0 Å². The van der Waals surface area contributed by atoms with Gasteiger partial charge >= 0.3 is 0 Å². The summed E-state index contributed by atoms with van der Waals surface area (Å²) in [5.41, 5.74) is 0. The molecule has 0 aromatic heterocycles. The van der Waals surface area contributed by atoms with Crippen LogP contribution < -0.4 is 0 Å². The monoisotopic (exact) mass is 76.0 g/mol. The predicted octanol–water partition coefficient (Wildman–Crippen LogP) is -0.396. The van der Waals surface area contributed by atoms with Crippen LogP contribution in [0.1, 0.15) is 6.92 Å². The van der Waals surface area contributed by atoms with Gasteiger partial charge in [0.25, 0.3) is 0 Å². The third-order valence-corrected chi connectivity index (χ3v) is 0.312. The van der Waals surface area contributed by atoms with E-state index in [0.717, 1.165) is 0 Å². The highest BCUT2D eigenvalue weighted by atomic mass is 13.4. The van der Waals surface area contributed by atoms with Crippen LogP contribution in [0.25, 0.3) is 0 Å². The minimum absolute atomic E-state index is 1.77. The van der Waals surface area contributed by atoms with Crippen molar-refractivity contribution >= 4 is 7.85 Å². The van der Waals surface area contributed by atoms with Crippen LogP contribution in [0.5, 0.6) is 0 Å². The van der Waals surface area contributed by atoms with E-state index in [4.69, 9.17) is 0 Å². The first kappa shape index (κ1) is 5.18. The predicted molar refractivity (Wildman–Crippen MR) is 29.8 cm³/mol. The van der Waals surface area contributed by atoms with Crippen molar-refractivity contribution in [1.29, 1.82) is 0 Å². The molecule has 0 bridgehead atoms. The molecule has 0 aliphatic carbocycles. The topological polar surface area (TPSA) is 0 Å². The van der Waals surface area contributed by atoms with Crippen LogP contribution in [0.2, 0.25) is 0 Å². The summed E-state index contributed by atoms with van der Waals surface area (Å²) in [6.45, 7) is 1.77. The van der Waals surface area contributed by atoms with Gasteiger partial charge in [0.1, 0.15) is 0 Å². The molecule has 28 valence electrons. The van der Waals surface area contributed by atoms with E-state index in [1.807, 2.05) is 0 Å². The Hall–Kier alpha value is -0.815. The van der Waals surface area contributed by atoms with E-state index in [-0.39, 0.29) is 0 Å². The minimum atomic E-state index is 1.77. The largest absolute Gasteiger partial charge is 0.196 e. The number of hydrogen-bond acceptors (Lipinski definition) is 0. The smallest absolute Gasteiger partial charge is 0.151 e. The lowest BCUT2D eigenvalue weighted by molar-refractivity contribution is 1.92. The number of hydrogen-bond donors (Lipinski definition) is 0. The van der Waals surface area contributed by atoms with Crippen molar-refractivity contribution in [2.24, 2.45) is 0 Å². The molecule has 0 aliphatic rings. The van der Waals surface area contributed by atoms with Gasteiger partial charge in [-0.15, -0.1) is 0 Å². The maximum atomic E-state index is 2.64. The van der Waals surface area contributed by atoms with Crippen molar-refractivity contribution in [3.63, 3.8) is 0 Å². The molecule has 1 heteroatoms. The van der Waals surface area contributed by atoms with E-state index in [1.165, 1.54) is 0 Å². The second-order valence-corrected chi connectivity index (χ2v) is 0.750. The summed E-state index contributed by atoms with van der Waals surface area (Å²) in [6, 6.07) is 0. The maximum absolute atomic E-state index is 2.64. The van der Waals surface area contributed by atoms with Crippen molar-refractivity contribution in [2.75, 3.05) is 0 Å². The number of rotatable bonds is 0. The molecule has 0 radical (unpaired) electrons. The second-order valence-electron chi connectivity index (χ2n) is 0.750. The normalized spacial score (nSPS) is 3.50. The SMILES string of the molecule is BC#CC#CC. The fraction of sp³-hybridized carbons (Fsp3) is 0.200. The van der Waals surface area contributed by atoms with Crippen molar-refractivity contribution in [2.45, 2.75) is 6.92 Å². The molecule has 0 unspecified atom stereocenters. The Bertz CT molecular complexity index is 107. The van der Waals surface area contributed by atoms with E-state index < -0.39 is 0 Å².